The number of hydrogen-bond acceptors (Lipinski definition) is 9. The van der Waals surface area contributed by atoms with E-state index in [1.54, 1.807) is 5.38 Å². The number of hydrogen-bond donors (Lipinski definition) is 4. The molecule has 0 saturated carbocycles. The molecule has 3 amide bonds. The second-order valence-electron chi connectivity index (χ2n) is 12.3. The van der Waals surface area contributed by atoms with Crippen molar-refractivity contribution in [2.24, 2.45) is 0 Å². The van der Waals surface area contributed by atoms with Crippen molar-refractivity contribution in [1.82, 2.24) is 20.9 Å². The number of nitrogens with one attached hydrogen (secondary N) is 3. The van der Waals surface area contributed by atoms with Gasteiger partial charge in [-0.25, -0.2) is 14.6 Å². The molecule has 0 bridgehead atoms. The number of aliphatic carboxylic acids is 1. The highest BCUT2D eigenvalue weighted by molar-refractivity contribution is 7.13. The fourth-order valence-electron chi connectivity index (χ4n) is 3.42. The molecule has 2 heterocycles. The predicted molar refractivity (Wildman–Crippen MR) is 156 cm³/mol. The summed E-state index contributed by atoms with van der Waals surface area (Å²) in [7, 11) is -2.28. The zero-order valence-corrected chi connectivity index (χ0v) is 26.5. The third-order valence-electron chi connectivity index (χ3n) is 6.78. The number of piperidine rings is 1. The van der Waals surface area contributed by atoms with E-state index >= 15 is 0 Å². The van der Waals surface area contributed by atoms with Crippen LogP contribution in [0.15, 0.2) is 17.7 Å². The highest BCUT2D eigenvalue weighted by Gasteiger charge is 2.38. The van der Waals surface area contributed by atoms with Crippen LogP contribution in [0.4, 0.5) is 9.93 Å². The monoisotopic (exact) mass is 597 g/mol. The third kappa shape index (κ3) is 9.89. The molecule has 1 aliphatic rings. The van der Waals surface area contributed by atoms with Crippen LogP contribution in [-0.4, -0.2) is 79.7 Å². The first-order valence-corrected chi connectivity index (χ1v) is 17.0. The quantitative estimate of drug-likeness (QED) is 0.234. The summed E-state index contributed by atoms with van der Waals surface area (Å²) in [5.41, 5.74) is -0.933. The van der Waals surface area contributed by atoms with Crippen molar-refractivity contribution in [3.05, 3.63) is 23.3 Å². The van der Waals surface area contributed by atoms with Crippen molar-refractivity contribution >= 4 is 48.7 Å². The fourth-order valence-corrected chi connectivity index (χ4v) is 5.29. The molecule has 40 heavy (non-hydrogen) atoms. The summed E-state index contributed by atoms with van der Waals surface area (Å²) in [6.07, 6.45) is 0.948. The Morgan fingerprint density at radius 1 is 1.18 bits per heavy atom. The van der Waals surface area contributed by atoms with E-state index in [-0.39, 0.29) is 23.4 Å². The number of anilines is 1. The Balaban J connectivity index is 2.04. The van der Waals surface area contributed by atoms with Crippen molar-refractivity contribution in [3.8, 4) is 0 Å². The van der Waals surface area contributed by atoms with Crippen molar-refractivity contribution in [1.29, 1.82) is 0 Å². The van der Waals surface area contributed by atoms with Crippen LogP contribution in [0.5, 0.6) is 0 Å². The lowest BCUT2D eigenvalue weighted by molar-refractivity contribution is -0.135. The summed E-state index contributed by atoms with van der Waals surface area (Å²) < 4.78 is 11.5. The first-order valence-electron chi connectivity index (χ1n) is 13.2. The van der Waals surface area contributed by atoms with E-state index in [9.17, 15) is 19.2 Å². The number of thiazole rings is 1. The molecule has 0 unspecified atom stereocenters. The Labute approximate surface area is 241 Å². The molecule has 0 radical (unpaired) electrons. The highest BCUT2D eigenvalue weighted by atomic mass is 32.1. The second-order valence-corrected chi connectivity index (χ2v) is 17.9. The minimum atomic E-state index is -2.28. The Hall–Kier alpha value is -2.97. The highest BCUT2D eigenvalue weighted by Crippen LogP contribution is 2.36. The molecule has 0 spiro atoms. The van der Waals surface area contributed by atoms with Gasteiger partial charge in [-0.2, -0.15) is 0 Å². The maximum Gasteiger partial charge on any atom is 0.407 e. The van der Waals surface area contributed by atoms with Gasteiger partial charge in [-0.05, 0) is 51.7 Å². The lowest BCUT2D eigenvalue weighted by Gasteiger charge is -2.37. The molecule has 1 aromatic heterocycles. The molecule has 0 aromatic carbocycles. The number of carbonyl (C=O) groups excluding carboxylic acids is 3. The first kappa shape index (κ1) is 33.2. The zero-order valence-electron chi connectivity index (χ0n) is 24.7. The van der Waals surface area contributed by atoms with Crippen LogP contribution in [0.25, 0.3) is 0 Å². The van der Waals surface area contributed by atoms with Crippen molar-refractivity contribution < 1.29 is 33.4 Å². The third-order valence-corrected chi connectivity index (χ3v) is 12.2. The second kappa shape index (κ2) is 13.1. The number of carboxylic acids is 1. The van der Waals surface area contributed by atoms with Gasteiger partial charge in [0.1, 0.15) is 23.0 Å². The lowest BCUT2D eigenvalue weighted by Crippen LogP contribution is -2.52. The number of nitrogens with zero attached hydrogens (tertiary/aromatic N) is 2. The van der Waals surface area contributed by atoms with Crippen LogP contribution in [0.2, 0.25) is 18.1 Å². The van der Waals surface area contributed by atoms with E-state index in [0.29, 0.717) is 31.1 Å². The summed E-state index contributed by atoms with van der Waals surface area (Å²) in [5, 5.41) is 19.0. The standard InChI is InChI=1S/C26H43N5O7SSi/c1-16(22(34)35)27-20(32)18(14-37-40(8,9)26(5,6)7)29-21(33)19-15-39-23(30-19)31-12-10-17(11-13-31)28-24(36)38-25(2,3)4/h15,17-18H,1,10-14H2,2-9H3,(H,27,32)(H,28,36)(H,29,33)(H,34,35)/t18-/m0/s1. The van der Waals surface area contributed by atoms with Gasteiger partial charge in [0.05, 0.1) is 6.61 Å². The van der Waals surface area contributed by atoms with Crippen LogP contribution in [0.1, 0.15) is 64.9 Å². The molecule has 12 nitrogen and oxygen atoms in total. The molecule has 1 aliphatic heterocycles. The van der Waals surface area contributed by atoms with E-state index in [2.05, 4.69) is 27.5 Å². The number of amides is 3. The maximum absolute atomic E-state index is 13.1. The topological polar surface area (TPSA) is 159 Å². The van der Waals surface area contributed by atoms with E-state index in [1.807, 2.05) is 59.5 Å². The normalized spacial score (nSPS) is 15.7. The van der Waals surface area contributed by atoms with Crippen molar-refractivity contribution in [3.63, 3.8) is 0 Å². The van der Waals surface area contributed by atoms with Gasteiger partial charge in [0.2, 0.25) is 5.91 Å². The van der Waals surface area contributed by atoms with Crippen LogP contribution < -0.4 is 20.9 Å². The largest absolute Gasteiger partial charge is 0.477 e. The summed E-state index contributed by atoms with van der Waals surface area (Å²) in [4.78, 5) is 55.7. The molecule has 2 rings (SSSR count). The minimum absolute atomic E-state index is 0.0189. The average Bonchev–Trinajstić information content (AvgIpc) is 3.30. The molecule has 14 heteroatoms. The number of rotatable bonds is 10. The van der Waals surface area contributed by atoms with Gasteiger partial charge < -0.3 is 35.1 Å². The Morgan fingerprint density at radius 2 is 1.77 bits per heavy atom. The fraction of sp³-hybridized carbons (Fsp3) is 0.654. The molecule has 1 saturated heterocycles. The summed E-state index contributed by atoms with van der Waals surface area (Å²) in [6, 6.07) is -1.17. The molecule has 1 atom stereocenters. The van der Waals surface area contributed by atoms with E-state index < -0.39 is 49.5 Å². The maximum atomic E-state index is 13.1. The minimum Gasteiger partial charge on any atom is -0.477 e. The SMILES string of the molecule is C=C(NC(=O)[C@H](CO[Si](C)(C)C(C)(C)C)NC(=O)c1csc(N2CCC(NC(=O)OC(C)(C)C)CC2)n1)C(=O)O. The van der Waals surface area contributed by atoms with Gasteiger partial charge >= 0.3 is 12.1 Å². The molecule has 4 N–H and O–H groups in total. The number of aromatic nitrogens is 1. The Kier molecular flexibility index (Phi) is 10.9. The van der Waals surface area contributed by atoms with E-state index in [0.717, 1.165) is 0 Å². The van der Waals surface area contributed by atoms with Crippen molar-refractivity contribution in [2.45, 2.75) is 90.2 Å². The number of carbonyl (C=O) groups is 4. The summed E-state index contributed by atoms with van der Waals surface area (Å²) in [6.45, 7) is 20.1. The lowest BCUT2D eigenvalue weighted by atomic mass is 10.1. The van der Waals surface area contributed by atoms with E-state index in [4.69, 9.17) is 14.3 Å². The Morgan fingerprint density at radius 3 is 2.30 bits per heavy atom. The summed E-state index contributed by atoms with van der Waals surface area (Å²) in [5.74, 6) is -2.70. The smallest absolute Gasteiger partial charge is 0.407 e. The molecule has 1 fully saturated rings. The zero-order chi connectivity index (χ0) is 30.5. The van der Waals surface area contributed by atoms with Crippen LogP contribution in [0.3, 0.4) is 0 Å². The van der Waals surface area contributed by atoms with Crippen LogP contribution in [0, 0.1) is 0 Å². The van der Waals surface area contributed by atoms with Gasteiger partial charge in [-0.15, -0.1) is 11.3 Å². The van der Waals surface area contributed by atoms with E-state index in [1.165, 1.54) is 11.3 Å². The summed E-state index contributed by atoms with van der Waals surface area (Å²) >= 11 is 1.30. The van der Waals surface area contributed by atoms with Crippen molar-refractivity contribution in [2.75, 3.05) is 24.6 Å². The van der Waals surface area contributed by atoms with Gasteiger partial charge in [0.15, 0.2) is 13.4 Å². The van der Waals surface area contributed by atoms with Gasteiger partial charge in [0, 0.05) is 24.5 Å². The molecule has 224 valence electrons. The Bertz CT molecular complexity index is 1100. The van der Waals surface area contributed by atoms with Crippen LogP contribution >= 0.6 is 11.3 Å². The molecular weight excluding hydrogens is 554 g/mol. The number of ether oxygens (including phenoxy) is 1. The number of alkyl carbamates (subject to hydrolysis) is 1. The van der Waals surface area contributed by atoms with Gasteiger partial charge in [-0.1, -0.05) is 27.4 Å². The molecule has 1 aromatic rings. The molecular formula is C26H43N5O7SSi. The van der Waals surface area contributed by atoms with Gasteiger partial charge in [0.25, 0.3) is 5.91 Å². The molecule has 0 aliphatic carbocycles. The van der Waals surface area contributed by atoms with Gasteiger partial charge in [-0.3, -0.25) is 9.59 Å². The average molecular weight is 598 g/mol. The number of carboxylic acid groups (broad SMARTS) is 1. The predicted octanol–water partition coefficient (Wildman–Crippen LogP) is 3.47. The first-order chi connectivity index (χ1) is 18.3. The van der Waals surface area contributed by atoms with Crippen LogP contribution in [-0.2, 0) is 18.8 Å².